The zero-order chi connectivity index (χ0) is 10.1. The van der Waals surface area contributed by atoms with Gasteiger partial charge in [0.05, 0.1) is 0 Å². The quantitative estimate of drug-likeness (QED) is 0.833. The molecule has 0 aromatic heterocycles. The molecular formula is C11H11BrClN. The largest absolute Gasteiger partial charge is 0.326 e. The fourth-order valence-electron chi connectivity index (χ4n) is 1.84. The highest BCUT2D eigenvalue weighted by Crippen LogP contribution is 2.33. The minimum atomic E-state index is 0.583. The summed E-state index contributed by atoms with van der Waals surface area (Å²) in [6.45, 7) is 0.583. The number of hydrogen-bond donors (Lipinski definition) is 1. The Hall–Kier alpha value is -0.310. The second-order valence-corrected chi connectivity index (χ2v) is 4.71. The van der Waals surface area contributed by atoms with E-state index in [1.54, 1.807) is 0 Å². The maximum atomic E-state index is 6.17. The molecule has 0 fully saturated rings. The van der Waals surface area contributed by atoms with E-state index in [1.807, 2.05) is 6.07 Å². The van der Waals surface area contributed by atoms with E-state index in [0.717, 1.165) is 22.3 Å². The van der Waals surface area contributed by atoms with Crippen molar-refractivity contribution in [3.63, 3.8) is 0 Å². The second-order valence-electron chi connectivity index (χ2n) is 3.39. The summed E-state index contributed by atoms with van der Waals surface area (Å²) in [5, 5.41) is 0.841. The number of hydrogen-bond acceptors (Lipinski definition) is 1. The van der Waals surface area contributed by atoms with E-state index in [0.29, 0.717) is 6.54 Å². The zero-order valence-corrected chi connectivity index (χ0v) is 10.0. The van der Waals surface area contributed by atoms with Gasteiger partial charge in [0, 0.05) is 16.0 Å². The summed E-state index contributed by atoms with van der Waals surface area (Å²) < 4.78 is 1.02. The third-order valence-electron chi connectivity index (χ3n) is 2.51. The van der Waals surface area contributed by atoms with Crippen molar-refractivity contribution in [2.45, 2.75) is 12.8 Å². The van der Waals surface area contributed by atoms with Gasteiger partial charge in [-0.15, -0.1) is 0 Å². The van der Waals surface area contributed by atoms with Crippen molar-refractivity contribution >= 4 is 33.1 Å². The maximum Gasteiger partial charge on any atom is 0.0455 e. The van der Waals surface area contributed by atoms with Crippen LogP contribution in [-0.4, -0.2) is 6.54 Å². The van der Waals surface area contributed by atoms with Crippen LogP contribution in [0.4, 0.5) is 0 Å². The highest BCUT2D eigenvalue weighted by Gasteiger charge is 2.14. The Labute approximate surface area is 97.1 Å². The first-order valence-corrected chi connectivity index (χ1v) is 5.77. The van der Waals surface area contributed by atoms with E-state index in [2.05, 4.69) is 28.1 Å². The Morgan fingerprint density at radius 1 is 1.43 bits per heavy atom. The molecule has 1 nitrogen and oxygen atoms in total. The number of benzene rings is 1. The summed E-state index contributed by atoms with van der Waals surface area (Å²) in [7, 11) is 0. The van der Waals surface area contributed by atoms with E-state index < -0.39 is 0 Å². The molecule has 0 spiro atoms. The summed E-state index contributed by atoms with van der Waals surface area (Å²) in [5.41, 5.74) is 9.34. The van der Waals surface area contributed by atoms with Crippen molar-refractivity contribution in [3.05, 3.63) is 38.8 Å². The van der Waals surface area contributed by atoms with Crippen molar-refractivity contribution in [3.8, 4) is 0 Å². The number of halogens is 2. The first-order chi connectivity index (χ1) is 6.72. The number of rotatable bonds is 1. The predicted octanol–water partition coefficient (Wildman–Crippen LogP) is 3.39. The summed E-state index contributed by atoms with van der Waals surface area (Å²) in [4.78, 5) is 0. The molecule has 1 aromatic rings. The van der Waals surface area contributed by atoms with Gasteiger partial charge in [-0.1, -0.05) is 33.6 Å². The molecule has 2 N–H and O–H groups in total. The van der Waals surface area contributed by atoms with Gasteiger partial charge >= 0.3 is 0 Å². The summed E-state index contributed by atoms with van der Waals surface area (Å²) in [6.07, 6.45) is 4.26. The molecule has 0 unspecified atom stereocenters. The minimum Gasteiger partial charge on any atom is -0.326 e. The van der Waals surface area contributed by atoms with E-state index in [4.69, 9.17) is 17.3 Å². The molecule has 74 valence electrons. The smallest absolute Gasteiger partial charge is 0.0455 e. The van der Waals surface area contributed by atoms with Crippen molar-refractivity contribution in [1.29, 1.82) is 0 Å². The monoisotopic (exact) mass is 271 g/mol. The molecule has 0 saturated heterocycles. The minimum absolute atomic E-state index is 0.583. The van der Waals surface area contributed by atoms with Crippen LogP contribution in [0.2, 0.25) is 5.02 Å². The first kappa shape index (κ1) is 10.2. The average Bonchev–Trinajstić information content (AvgIpc) is 2.17. The van der Waals surface area contributed by atoms with Gasteiger partial charge in [0.1, 0.15) is 0 Å². The number of fused-ring (bicyclic) bond motifs is 1. The fraction of sp³-hybridized carbons (Fsp3) is 0.273. The number of nitrogens with two attached hydrogens (primary N) is 1. The van der Waals surface area contributed by atoms with Gasteiger partial charge in [-0.2, -0.15) is 0 Å². The van der Waals surface area contributed by atoms with Crippen LogP contribution in [0.15, 0.2) is 22.7 Å². The maximum absolute atomic E-state index is 6.17. The van der Waals surface area contributed by atoms with Gasteiger partial charge in [-0.3, -0.25) is 0 Å². The molecule has 0 amide bonds. The molecule has 14 heavy (non-hydrogen) atoms. The lowest BCUT2D eigenvalue weighted by molar-refractivity contribution is 0.966. The second kappa shape index (κ2) is 4.05. The van der Waals surface area contributed by atoms with Gasteiger partial charge in [-0.25, -0.2) is 0 Å². The zero-order valence-electron chi connectivity index (χ0n) is 7.69. The van der Waals surface area contributed by atoms with Crippen LogP contribution < -0.4 is 5.73 Å². The molecule has 1 aromatic carbocycles. The van der Waals surface area contributed by atoms with Gasteiger partial charge in [0.2, 0.25) is 0 Å². The van der Waals surface area contributed by atoms with Crippen LogP contribution in [0.1, 0.15) is 17.5 Å². The van der Waals surface area contributed by atoms with Crippen LogP contribution in [-0.2, 0) is 6.42 Å². The standard InChI is InChI=1S/C11H11BrClN/c12-8-4-10-7(6-14)2-1-3-9(10)11(13)5-8/h2,4-5H,1,3,6,14H2. The third kappa shape index (κ3) is 1.74. The van der Waals surface area contributed by atoms with Crippen LogP contribution in [0.3, 0.4) is 0 Å². The van der Waals surface area contributed by atoms with Crippen molar-refractivity contribution in [2.75, 3.05) is 6.54 Å². The highest BCUT2D eigenvalue weighted by molar-refractivity contribution is 9.10. The van der Waals surface area contributed by atoms with E-state index in [-0.39, 0.29) is 0 Å². The van der Waals surface area contributed by atoms with Gasteiger partial charge in [0.15, 0.2) is 0 Å². The molecule has 0 aliphatic heterocycles. The molecule has 1 aliphatic carbocycles. The summed E-state index contributed by atoms with van der Waals surface area (Å²) in [6, 6.07) is 4.04. The van der Waals surface area contributed by atoms with Crippen LogP contribution >= 0.6 is 27.5 Å². The van der Waals surface area contributed by atoms with Gasteiger partial charge in [0.25, 0.3) is 0 Å². The van der Waals surface area contributed by atoms with Crippen LogP contribution in [0.5, 0.6) is 0 Å². The van der Waals surface area contributed by atoms with Crippen molar-refractivity contribution in [2.24, 2.45) is 5.73 Å². The van der Waals surface area contributed by atoms with Crippen LogP contribution in [0.25, 0.3) is 5.57 Å². The summed E-state index contributed by atoms with van der Waals surface area (Å²) in [5.74, 6) is 0. The lowest BCUT2D eigenvalue weighted by Gasteiger charge is -2.18. The molecule has 0 saturated carbocycles. The topological polar surface area (TPSA) is 26.0 Å². The highest BCUT2D eigenvalue weighted by atomic mass is 79.9. The molecule has 2 rings (SSSR count). The van der Waals surface area contributed by atoms with Crippen LogP contribution in [0, 0.1) is 0 Å². The van der Waals surface area contributed by atoms with Gasteiger partial charge in [-0.05, 0) is 41.7 Å². The molecular weight excluding hydrogens is 261 g/mol. The van der Waals surface area contributed by atoms with E-state index in [1.165, 1.54) is 16.7 Å². The Morgan fingerprint density at radius 3 is 2.93 bits per heavy atom. The van der Waals surface area contributed by atoms with E-state index in [9.17, 15) is 0 Å². The molecule has 0 heterocycles. The van der Waals surface area contributed by atoms with Gasteiger partial charge < -0.3 is 5.73 Å². The Kier molecular flexibility index (Phi) is 2.96. The molecule has 0 atom stereocenters. The molecule has 3 heteroatoms. The average molecular weight is 273 g/mol. The number of allylic oxidation sites excluding steroid dienone is 1. The Morgan fingerprint density at radius 2 is 2.21 bits per heavy atom. The van der Waals surface area contributed by atoms with E-state index >= 15 is 0 Å². The predicted molar refractivity (Wildman–Crippen MR) is 64.5 cm³/mol. The molecule has 0 radical (unpaired) electrons. The summed E-state index contributed by atoms with van der Waals surface area (Å²) >= 11 is 9.62. The molecule has 0 bridgehead atoms. The lowest BCUT2D eigenvalue weighted by Crippen LogP contribution is -2.08. The van der Waals surface area contributed by atoms with Crippen molar-refractivity contribution < 1.29 is 0 Å². The Bertz CT molecular complexity index is 399. The fourth-order valence-corrected chi connectivity index (χ4v) is 2.74. The normalized spacial score (nSPS) is 14.9. The third-order valence-corrected chi connectivity index (χ3v) is 3.31. The SMILES string of the molecule is NCC1=CCCc2c(Cl)cc(Br)cc21. The van der Waals surface area contributed by atoms with Crippen molar-refractivity contribution in [1.82, 2.24) is 0 Å². The first-order valence-electron chi connectivity index (χ1n) is 4.59. The lowest BCUT2D eigenvalue weighted by atomic mass is 9.91. The Balaban J connectivity index is 2.60. The molecule has 1 aliphatic rings.